The minimum absolute atomic E-state index is 0.536. The molecule has 0 saturated heterocycles. The fourth-order valence-corrected chi connectivity index (χ4v) is 0.716. The highest BCUT2D eigenvalue weighted by molar-refractivity contribution is 5.35. The molecule has 2 nitrogen and oxygen atoms in total. The van der Waals surface area contributed by atoms with E-state index in [0.29, 0.717) is 6.07 Å². The summed E-state index contributed by atoms with van der Waals surface area (Å²) in [7, 11) is 1.08. The van der Waals surface area contributed by atoms with Crippen molar-refractivity contribution in [2.45, 2.75) is 0 Å². The maximum Gasteiger partial charge on any atom is 0.203 e. The minimum Gasteiger partial charge on any atom is -0.505 e. The summed E-state index contributed by atoms with van der Waals surface area (Å²) in [6, 6.07) is 0.660. The summed E-state index contributed by atoms with van der Waals surface area (Å²) in [6.45, 7) is 0. The van der Waals surface area contributed by atoms with Crippen LogP contribution >= 0.6 is 0 Å². The molecule has 66 valence electrons. The largest absolute Gasteiger partial charge is 0.505 e. The number of halogens is 3. The zero-order chi connectivity index (χ0) is 9.30. The highest BCUT2D eigenvalue weighted by Gasteiger charge is 2.18. The molecule has 12 heavy (non-hydrogen) atoms. The van der Waals surface area contributed by atoms with E-state index >= 15 is 0 Å². The van der Waals surface area contributed by atoms with Crippen molar-refractivity contribution >= 4 is 0 Å². The van der Waals surface area contributed by atoms with E-state index in [1.165, 1.54) is 0 Å². The number of ether oxygens (including phenoxy) is 1. The van der Waals surface area contributed by atoms with Crippen LogP contribution in [0.15, 0.2) is 6.07 Å². The van der Waals surface area contributed by atoms with Gasteiger partial charge in [-0.05, 0) is 0 Å². The molecule has 0 aliphatic rings. The van der Waals surface area contributed by atoms with Gasteiger partial charge in [-0.15, -0.1) is 0 Å². The molecule has 1 rings (SSSR count). The Morgan fingerprint density at radius 3 is 2.25 bits per heavy atom. The van der Waals surface area contributed by atoms with E-state index in [4.69, 9.17) is 5.11 Å². The third kappa shape index (κ3) is 1.17. The SMILES string of the molecule is COc1cc(O)c(F)c(F)c1F. The van der Waals surface area contributed by atoms with Crippen molar-refractivity contribution in [3.63, 3.8) is 0 Å². The molecule has 0 spiro atoms. The maximum atomic E-state index is 12.6. The Bertz CT molecular complexity index is 312. The summed E-state index contributed by atoms with van der Waals surface area (Å²) in [4.78, 5) is 0. The van der Waals surface area contributed by atoms with Crippen LogP contribution in [0.3, 0.4) is 0 Å². The number of benzene rings is 1. The molecule has 1 aromatic rings. The number of phenols is 1. The summed E-state index contributed by atoms with van der Waals surface area (Å²) < 4.78 is 41.7. The number of aromatic hydroxyl groups is 1. The molecule has 0 radical (unpaired) electrons. The van der Waals surface area contributed by atoms with Crippen LogP contribution in [-0.2, 0) is 0 Å². The highest BCUT2D eigenvalue weighted by atomic mass is 19.2. The summed E-state index contributed by atoms with van der Waals surface area (Å²) in [5.74, 6) is -6.33. The molecule has 0 fully saturated rings. The van der Waals surface area contributed by atoms with Crippen LogP contribution in [0, 0.1) is 17.5 Å². The lowest BCUT2D eigenvalue weighted by molar-refractivity contribution is 0.341. The standard InChI is InChI=1S/C7H5F3O2/c1-12-4-2-3(11)5(8)7(10)6(4)9/h2,11H,1H3. The third-order valence-corrected chi connectivity index (χ3v) is 1.31. The van der Waals surface area contributed by atoms with Crippen molar-refractivity contribution in [2.24, 2.45) is 0 Å². The molecule has 0 amide bonds. The first-order valence-electron chi connectivity index (χ1n) is 2.98. The molecular formula is C7H5F3O2. The predicted molar refractivity (Wildman–Crippen MR) is 34.5 cm³/mol. The molecule has 0 unspecified atom stereocenters. The number of hydrogen-bond donors (Lipinski definition) is 1. The van der Waals surface area contributed by atoms with E-state index < -0.39 is 29.0 Å². The van der Waals surface area contributed by atoms with E-state index in [1.807, 2.05) is 0 Å². The van der Waals surface area contributed by atoms with Crippen LogP contribution < -0.4 is 4.74 Å². The summed E-state index contributed by atoms with van der Waals surface area (Å²) in [5, 5.41) is 8.67. The van der Waals surface area contributed by atoms with Gasteiger partial charge in [0.15, 0.2) is 11.5 Å². The Morgan fingerprint density at radius 2 is 1.75 bits per heavy atom. The maximum absolute atomic E-state index is 12.6. The van der Waals surface area contributed by atoms with Crippen molar-refractivity contribution in [1.29, 1.82) is 0 Å². The molecule has 0 aliphatic carbocycles. The van der Waals surface area contributed by atoms with Crippen molar-refractivity contribution in [3.8, 4) is 11.5 Å². The first-order chi connectivity index (χ1) is 5.57. The van der Waals surface area contributed by atoms with E-state index in [1.54, 1.807) is 0 Å². The fourth-order valence-electron chi connectivity index (χ4n) is 0.716. The second-order valence-electron chi connectivity index (χ2n) is 2.04. The molecular weight excluding hydrogens is 173 g/mol. The monoisotopic (exact) mass is 178 g/mol. The van der Waals surface area contributed by atoms with Crippen molar-refractivity contribution in [1.82, 2.24) is 0 Å². The van der Waals surface area contributed by atoms with Crippen molar-refractivity contribution in [2.75, 3.05) is 7.11 Å². The smallest absolute Gasteiger partial charge is 0.203 e. The molecule has 0 bridgehead atoms. The van der Waals surface area contributed by atoms with Gasteiger partial charge < -0.3 is 9.84 Å². The summed E-state index contributed by atoms with van der Waals surface area (Å²) >= 11 is 0. The number of rotatable bonds is 1. The number of phenolic OH excluding ortho intramolecular Hbond substituents is 1. The van der Waals surface area contributed by atoms with E-state index in [-0.39, 0.29) is 0 Å². The molecule has 0 saturated carbocycles. The van der Waals surface area contributed by atoms with Crippen LogP contribution in [0.2, 0.25) is 0 Å². The van der Waals surface area contributed by atoms with Crippen LogP contribution in [0.4, 0.5) is 13.2 Å². The first kappa shape index (κ1) is 8.70. The molecule has 0 aromatic heterocycles. The second-order valence-corrected chi connectivity index (χ2v) is 2.04. The first-order valence-corrected chi connectivity index (χ1v) is 2.98. The van der Waals surface area contributed by atoms with E-state index in [0.717, 1.165) is 7.11 Å². The average Bonchev–Trinajstić information content (AvgIpc) is 2.08. The zero-order valence-corrected chi connectivity index (χ0v) is 6.07. The molecule has 0 aliphatic heterocycles. The van der Waals surface area contributed by atoms with Gasteiger partial charge in [0.05, 0.1) is 7.11 Å². The molecule has 0 heterocycles. The Kier molecular flexibility index (Phi) is 2.12. The van der Waals surface area contributed by atoms with Gasteiger partial charge in [-0.1, -0.05) is 0 Å². The van der Waals surface area contributed by atoms with Gasteiger partial charge in [0.1, 0.15) is 0 Å². The van der Waals surface area contributed by atoms with Gasteiger partial charge in [-0.2, -0.15) is 8.78 Å². The Hall–Kier alpha value is -1.39. The summed E-state index contributed by atoms with van der Waals surface area (Å²) in [6.07, 6.45) is 0. The Labute approximate surface area is 66.2 Å². The number of methoxy groups -OCH3 is 1. The van der Waals surface area contributed by atoms with Crippen LogP contribution in [0.25, 0.3) is 0 Å². The Morgan fingerprint density at radius 1 is 1.17 bits per heavy atom. The highest BCUT2D eigenvalue weighted by Crippen LogP contribution is 2.28. The number of hydrogen-bond acceptors (Lipinski definition) is 2. The van der Waals surface area contributed by atoms with Gasteiger partial charge in [0.2, 0.25) is 17.5 Å². The minimum atomic E-state index is -1.74. The quantitative estimate of drug-likeness (QED) is 0.664. The van der Waals surface area contributed by atoms with Gasteiger partial charge in [0, 0.05) is 6.07 Å². The topological polar surface area (TPSA) is 29.5 Å². The zero-order valence-electron chi connectivity index (χ0n) is 6.07. The van der Waals surface area contributed by atoms with E-state index in [2.05, 4.69) is 4.74 Å². The van der Waals surface area contributed by atoms with Crippen LogP contribution in [0.5, 0.6) is 11.5 Å². The molecule has 5 heteroatoms. The lowest BCUT2D eigenvalue weighted by Crippen LogP contribution is -1.95. The lowest BCUT2D eigenvalue weighted by Gasteiger charge is -2.03. The molecule has 1 aromatic carbocycles. The van der Waals surface area contributed by atoms with Gasteiger partial charge in [0.25, 0.3) is 0 Å². The van der Waals surface area contributed by atoms with Crippen molar-refractivity contribution in [3.05, 3.63) is 23.5 Å². The Balaban J connectivity index is 3.39. The van der Waals surface area contributed by atoms with Gasteiger partial charge in [-0.25, -0.2) is 4.39 Å². The second kappa shape index (κ2) is 2.92. The summed E-state index contributed by atoms with van der Waals surface area (Å²) in [5.41, 5.74) is 0. The average molecular weight is 178 g/mol. The third-order valence-electron chi connectivity index (χ3n) is 1.31. The predicted octanol–water partition coefficient (Wildman–Crippen LogP) is 1.82. The fraction of sp³-hybridized carbons (Fsp3) is 0.143. The lowest BCUT2D eigenvalue weighted by atomic mass is 10.3. The van der Waals surface area contributed by atoms with E-state index in [9.17, 15) is 13.2 Å². The molecule has 1 N–H and O–H groups in total. The van der Waals surface area contributed by atoms with Crippen LogP contribution in [-0.4, -0.2) is 12.2 Å². The van der Waals surface area contributed by atoms with Gasteiger partial charge >= 0.3 is 0 Å². The molecule has 0 atom stereocenters. The normalized spacial score (nSPS) is 10.0. The van der Waals surface area contributed by atoms with Gasteiger partial charge in [-0.3, -0.25) is 0 Å². The van der Waals surface area contributed by atoms with Crippen LogP contribution in [0.1, 0.15) is 0 Å². The van der Waals surface area contributed by atoms with Crippen molar-refractivity contribution < 1.29 is 23.0 Å².